The third kappa shape index (κ3) is 3.85. The molecule has 7 nitrogen and oxygen atoms in total. The number of carboxylic acid groups (broad SMARTS) is 1. The summed E-state index contributed by atoms with van der Waals surface area (Å²) in [4.78, 5) is 52.0. The van der Waals surface area contributed by atoms with Gasteiger partial charge in [0.15, 0.2) is 0 Å². The highest BCUT2D eigenvalue weighted by molar-refractivity contribution is 6.35. The van der Waals surface area contributed by atoms with E-state index in [1.165, 1.54) is 30.3 Å². The van der Waals surface area contributed by atoms with Crippen LogP contribution in [-0.4, -0.2) is 28.8 Å². The van der Waals surface area contributed by atoms with Crippen LogP contribution in [0.4, 0.5) is 11.4 Å². The van der Waals surface area contributed by atoms with Crippen molar-refractivity contribution in [3.05, 3.63) is 119 Å². The molecule has 1 aliphatic heterocycles. The van der Waals surface area contributed by atoms with Crippen LogP contribution in [0.5, 0.6) is 0 Å². The average molecular weight is 462 g/mol. The smallest absolute Gasteiger partial charge is 0.337 e. The van der Waals surface area contributed by atoms with Crippen molar-refractivity contribution < 1.29 is 24.3 Å². The number of hydrogen-bond acceptors (Lipinski definition) is 4. The summed E-state index contributed by atoms with van der Waals surface area (Å²) in [5, 5.41) is 11.9. The Morgan fingerprint density at radius 1 is 0.686 bits per heavy atom. The number of aromatic carboxylic acids is 1. The first-order chi connectivity index (χ1) is 17.0. The van der Waals surface area contributed by atoms with Gasteiger partial charge in [0.1, 0.15) is 0 Å². The maximum Gasteiger partial charge on any atom is 0.337 e. The molecule has 7 heteroatoms. The third-order valence-electron chi connectivity index (χ3n) is 5.78. The van der Waals surface area contributed by atoms with Gasteiger partial charge in [-0.25, -0.2) is 9.69 Å². The Labute approximate surface area is 200 Å². The Morgan fingerprint density at radius 3 is 2.11 bits per heavy atom. The van der Waals surface area contributed by atoms with E-state index in [-0.39, 0.29) is 27.9 Å². The molecule has 2 N–H and O–H groups in total. The Morgan fingerprint density at radius 2 is 1.34 bits per heavy atom. The van der Waals surface area contributed by atoms with E-state index in [1.807, 2.05) is 42.5 Å². The fraction of sp³-hybridized carbons (Fsp3) is 0. The number of anilines is 2. The molecule has 1 aliphatic rings. The summed E-state index contributed by atoms with van der Waals surface area (Å²) >= 11 is 0. The summed E-state index contributed by atoms with van der Waals surface area (Å²) in [5.41, 5.74) is 2.54. The van der Waals surface area contributed by atoms with Crippen molar-refractivity contribution in [1.29, 1.82) is 0 Å². The lowest BCUT2D eigenvalue weighted by Crippen LogP contribution is -2.29. The lowest BCUT2D eigenvalue weighted by molar-refractivity contribution is 0.0697. The molecular weight excluding hydrogens is 444 g/mol. The van der Waals surface area contributed by atoms with E-state index in [0.29, 0.717) is 5.69 Å². The molecule has 0 bridgehead atoms. The van der Waals surface area contributed by atoms with E-state index in [0.717, 1.165) is 16.0 Å². The highest BCUT2D eigenvalue weighted by Gasteiger charge is 2.38. The summed E-state index contributed by atoms with van der Waals surface area (Å²) in [6.07, 6.45) is 0. The van der Waals surface area contributed by atoms with Gasteiger partial charge in [-0.3, -0.25) is 14.4 Å². The van der Waals surface area contributed by atoms with Gasteiger partial charge in [-0.2, -0.15) is 0 Å². The molecule has 0 aromatic heterocycles. The van der Waals surface area contributed by atoms with E-state index in [9.17, 15) is 24.3 Å². The molecule has 3 amide bonds. The first-order valence-electron chi connectivity index (χ1n) is 10.8. The molecule has 0 atom stereocenters. The van der Waals surface area contributed by atoms with Gasteiger partial charge in [-0.15, -0.1) is 0 Å². The molecule has 0 saturated carbocycles. The normalized spacial score (nSPS) is 12.4. The first-order valence-corrected chi connectivity index (χ1v) is 10.8. The zero-order valence-electron chi connectivity index (χ0n) is 18.3. The number of nitrogens with one attached hydrogen (secondary N) is 1. The highest BCUT2D eigenvalue weighted by Crippen LogP contribution is 2.36. The number of carboxylic acids is 1. The zero-order valence-corrected chi connectivity index (χ0v) is 18.3. The van der Waals surface area contributed by atoms with Gasteiger partial charge in [0.2, 0.25) is 0 Å². The second-order valence-corrected chi connectivity index (χ2v) is 7.89. The van der Waals surface area contributed by atoms with Crippen LogP contribution in [0, 0.1) is 0 Å². The van der Waals surface area contributed by atoms with E-state index in [4.69, 9.17) is 0 Å². The van der Waals surface area contributed by atoms with Crippen molar-refractivity contribution in [2.45, 2.75) is 0 Å². The van der Waals surface area contributed by atoms with Crippen molar-refractivity contribution in [2.75, 3.05) is 10.2 Å². The van der Waals surface area contributed by atoms with Gasteiger partial charge < -0.3 is 10.4 Å². The standard InChI is InChI=1S/C28H18N2O5/c31-25(29-23-12-6-4-11-21(23)28(34)35)18-14-15-20-22(16-18)27(33)30(26(20)32)24-13-7-5-10-19(24)17-8-2-1-3-9-17/h1-16H,(H,29,31)(H,34,35). The van der Waals surface area contributed by atoms with Crippen molar-refractivity contribution in [1.82, 2.24) is 0 Å². The van der Waals surface area contributed by atoms with Crippen molar-refractivity contribution in [3.8, 4) is 11.1 Å². The maximum atomic E-state index is 13.4. The van der Waals surface area contributed by atoms with Crippen LogP contribution in [0.15, 0.2) is 97.1 Å². The highest BCUT2D eigenvalue weighted by atomic mass is 16.4. The second-order valence-electron chi connectivity index (χ2n) is 7.89. The molecule has 4 aromatic rings. The van der Waals surface area contributed by atoms with Crippen molar-refractivity contribution in [3.63, 3.8) is 0 Å². The minimum absolute atomic E-state index is 0.0584. The second kappa shape index (κ2) is 8.72. The number of imide groups is 1. The van der Waals surface area contributed by atoms with Crippen LogP contribution in [-0.2, 0) is 0 Å². The topological polar surface area (TPSA) is 104 Å². The quantitative estimate of drug-likeness (QED) is 0.402. The molecule has 5 rings (SSSR count). The SMILES string of the molecule is O=C(Nc1ccccc1C(=O)O)c1ccc2c(c1)C(=O)N(c1ccccc1-c1ccccc1)C2=O. The molecule has 1 heterocycles. The molecule has 35 heavy (non-hydrogen) atoms. The van der Waals surface area contributed by atoms with Crippen LogP contribution in [0.1, 0.15) is 41.4 Å². The zero-order chi connectivity index (χ0) is 24.5. The monoisotopic (exact) mass is 462 g/mol. The predicted molar refractivity (Wildman–Crippen MR) is 131 cm³/mol. The maximum absolute atomic E-state index is 13.4. The van der Waals surface area contributed by atoms with Gasteiger partial charge in [0, 0.05) is 11.1 Å². The number of hydrogen-bond donors (Lipinski definition) is 2. The largest absolute Gasteiger partial charge is 0.478 e. The van der Waals surface area contributed by atoms with Crippen LogP contribution in [0.25, 0.3) is 11.1 Å². The predicted octanol–water partition coefficient (Wildman–Crippen LogP) is 5.10. The number of fused-ring (bicyclic) bond motifs is 1. The lowest BCUT2D eigenvalue weighted by Gasteiger charge is -2.18. The molecule has 0 unspecified atom stereocenters. The minimum Gasteiger partial charge on any atom is -0.478 e. The van der Waals surface area contributed by atoms with Crippen LogP contribution >= 0.6 is 0 Å². The van der Waals surface area contributed by atoms with Crippen molar-refractivity contribution in [2.24, 2.45) is 0 Å². The van der Waals surface area contributed by atoms with E-state index < -0.39 is 23.7 Å². The summed E-state index contributed by atoms with van der Waals surface area (Å²) in [6.45, 7) is 0. The summed E-state index contributed by atoms with van der Waals surface area (Å²) in [7, 11) is 0. The lowest BCUT2D eigenvalue weighted by atomic mass is 10.0. The molecule has 0 saturated heterocycles. The molecule has 0 spiro atoms. The molecular formula is C28H18N2O5. The minimum atomic E-state index is -1.18. The summed E-state index contributed by atoms with van der Waals surface area (Å²) < 4.78 is 0. The Bertz CT molecular complexity index is 1510. The number of carbonyl (C=O) groups is 4. The van der Waals surface area contributed by atoms with Crippen LogP contribution in [0.2, 0.25) is 0 Å². The van der Waals surface area contributed by atoms with Gasteiger partial charge >= 0.3 is 5.97 Å². The number of carbonyl (C=O) groups excluding carboxylic acids is 3. The van der Waals surface area contributed by atoms with Gasteiger partial charge in [-0.05, 0) is 42.0 Å². The fourth-order valence-electron chi connectivity index (χ4n) is 4.10. The average Bonchev–Trinajstić information content (AvgIpc) is 3.13. The molecule has 0 radical (unpaired) electrons. The number of rotatable bonds is 5. The number of amides is 3. The molecule has 170 valence electrons. The molecule has 4 aromatic carbocycles. The Kier molecular flexibility index (Phi) is 5.43. The van der Waals surface area contributed by atoms with E-state index >= 15 is 0 Å². The Hall–Kier alpha value is -5.04. The number of benzene rings is 4. The van der Waals surface area contributed by atoms with Crippen LogP contribution < -0.4 is 10.2 Å². The molecule has 0 aliphatic carbocycles. The third-order valence-corrected chi connectivity index (χ3v) is 5.78. The van der Waals surface area contributed by atoms with Gasteiger partial charge in [0.25, 0.3) is 17.7 Å². The fourth-order valence-corrected chi connectivity index (χ4v) is 4.10. The van der Waals surface area contributed by atoms with E-state index in [1.54, 1.807) is 24.3 Å². The summed E-state index contributed by atoms with van der Waals surface area (Å²) in [5.74, 6) is -2.78. The molecule has 0 fully saturated rings. The van der Waals surface area contributed by atoms with Crippen molar-refractivity contribution >= 4 is 35.1 Å². The first kappa shape index (κ1) is 21.8. The number of para-hydroxylation sites is 2. The Balaban J connectivity index is 1.48. The van der Waals surface area contributed by atoms with E-state index in [2.05, 4.69) is 5.32 Å². The summed E-state index contributed by atoms with van der Waals surface area (Å²) in [6, 6.07) is 26.8. The van der Waals surface area contributed by atoms with Gasteiger partial charge in [0.05, 0.1) is 28.1 Å². The number of nitrogens with zero attached hydrogens (tertiary/aromatic N) is 1. The van der Waals surface area contributed by atoms with Crippen LogP contribution in [0.3, 0.4) is 0 Å². The van der Waals surface area contributed by atoms with Gasteiger partial charge in [-0.1, -0.05) is 60.7 Å².